The second-order valence-corrected chi connectivity index (χ2v) is 6.42. The van der Waals surface area contributed by atoms with Gasteiger partial charge < -0.3 is 4.74 Å². The SMILES string of the molecule is O=C(NN=Cc1ccc(OC(=O)c2cccc3ccccc23)cc1)c1ccncc1. The van der Waals surface area contributed by atoms with Crippen molar-refractivity contribution in [1.29, 1.82) is 0 Å². The summed E-state index contributed by atoms with van der Waals surface area (Å²) in [6.07, 6.45) is 4.59. The van der Waals surface area contributed by atoms with Crippen molar-refractivity contribution in [3.8, 4) is 5.75 Å². The molecule has 3 aromatic carbocycles. The van der Waals surface area contributed by atoms with Crippen LogP contribution in [-0.2, 0) is 0 Å². The standard InChI is InChI=1S/C24H17N3O3/c28-23(19-12-14-25-15-13-19)27-26-16-17-8-10-20(11-9-17)30-24(29)22-7-3-5-18-4-1-2-6-21(18)22/h1-16H,(H,27,28). The molecule has 0 saturated heterocycles. The maximum Gasteiger partial charge on any atom is 0.344 e. The highest BCUT2D eigenvalue weighted by Gasteiger charge is 2.12. The van der Waals surface area contributed by atoms with Gasteiger partial charge in [0.1, 0.15) is 5.75 Å². The molecule has 4 rings (SSSR count). The normalized spacial score (nSPS) is 10.8. The molecule has 0 aliphatic rings. The zero-order valence-electron chi connectivity index (χ0n) is 15.9. The summed E-state index contributed by atoms with van der Waals surface area (Å²) in [7, 11) is 0. The van der Waals surface area contributed by atoms with E-state index in [0.717, 1.165) is 16.3 Å². The third-order valence-corrected chi connectivity index (χ3v) is 4.42. The third kappa shape index (κ3) is 4.39. The number of benzene rings is 3. The minimum absolute atomic E-state index is 0.325. The molecule has 0 saturated carbocycles. The molecule has 0 aliphatic heterocycles. The summed E-state index contributed by atoms with van der Waals surface area (Å²) in [4.78, 5) is 28.4. The minimum atomic E-state index is -0.419. The second-order valence-electron chi connectivity index (χ2n) is 6.42. The third-order valence-electron chi connectivity index (χ3n) is 4.42. The van der Waals surface area contributed by atoms with E-state index in [1.54, 1.807) is 42.5 Å². The van der Waals surface area contributed by atoms with E-state index >= 15 is 0 Å². The smallest absolute Gasteiger partial charge is 0.344 e. The van der Waals surface area contributed by atoms with Gasteiger partial charge in [-0.25, -0.2) is 10.2 Å². The Balaban J connectivity index is 1.40. The van der Waals surface area contributed by atoms with E-state index in [2.05, 4.69) is 15.5 Å². The lowest BCUT2D eigenvalue weighted by Gasteiger charge is -2.07. The van der Waals surface area contributed by atoms with Gasteiger partial charge in [-0.1, -0.05) is 36.4 Å². The molecule has 4 aromatic rings. The van der Waals surface area contributed by atoms with Crippen LogP contribution in [0.1, 0.15) is 26.3 Å². The molecule has 146 valence electrons. The predicted octanol–water partition coefficient (Wildman–Crippen LogP) is 4.22. The topological polar surface area (TPSA) is 80.6 Å². The number of amides is 1. The summed E-state index contributed by atoms with van der Waals surface area (Å²) in [5.41, 5.74) is 4.18. The van der Waals surface area contributed by atoms with E-state index in [4.69, 9.17) is 4.74 Å². The van der Waals surface area contributed by atoms with Gasteiger partial charge in [0.2, 0.25) is 0 Å². The Bertz CT molecular complexity index is 1210. The number of pyridine rings is 1. The molecule has 0 unspecified atom stereocenters. The zero-order chi connectivity index (χ0) is 20.8. The summed E-state index contributed by atoms with van der Waals surface area (Å²) in [5, 5.41) is 5.76. The fourth-order valence-corrected chi connectivity index (χ4v) is 2.92. The van der Waals surface area contributed by atoms with Crippen LogP contribution in [0.5, 0.6) is 5.75 Å². The summed E-state index contributed by atoms with van der Waals surface area (Å²) in [5.74, 6) is -0.321. The maximum absolute atomic E-state index is 12.6. The number of carbonyl (C=O) groups is 2. The Kier molecular flexibility index (Phi) is 5.57. The molecule has 0 fully saturated rings. The molecule has 1 N–H and O–H groups in total. The Morgan fingerprint density at radius 3 is 2.40 bits per heavy atom. The van der Waals surface area contributed by atoms with E-state index in [9.17, 15) is 9.59 Å². The van der Waals surface area contributed by atoms with Crippen LogP contribution >= 0.6 is 0 Å². The highest BCUT2D eigenvalue weighted by atomic mass is 16.5. The fourth-order valence-electron chi connectivity index (χ4n) is 2.92. The van der Waals surface area contributed by atoms with Crippen LogP contribution in [-0.4, -0.2) is 23.1 Å². The van der Waals surface area contributed by atoms with Crippen molar-refractivity contribution in [1.82, 2.24) is 10.4 Å². The summed E-state index contributed by atoms with van der Waals surface area (Å²) in [6.45, 7) is 0. The second kappa shape index (κ2) is 8.79. The summed E-state index contributed by atoms with van der Waals surface area (Å²) in [6, 6.07) is 23.2. The van der Waals surface area contributed by atoms with E-state index in [-0.39, 0.29) is 5.91 Å². The van der Waals surface area contributed by atoms with Gasteiger partial charge in [-0.2, -0.15) is 5.10 Å². The van der Waals surface area contributed by atoms with Crippen LogP contribution in [0.15, 0.2) is 96.4 Å². The molecule has 0 atom stereocenters. The molecule has 0 spiro atoms. The van der Waals surface area contributed by atoms with Gasteiger partial charge in [-0.15, -0.1) is 0 Å². The highest BCUT2D eigenvalue weighted by Crippen LogP contribution is 2.21. The van der Waals surface area contributed by atoms with Crippen LogP contribution in [0, 0.1) is 0 Å². The van der Waals surface area contributed by atoms with Gasteiger partial charge in [0, 0.05) is 18.0 Å². The van der Waals surface area contributed by atoms with Crippen LogP contribution < -0.4 is 10.2 Å². The molecule has 30 heavy (non-hydrogen) atoms. The number of ether oxygens (including phenoxy) is 1. The van der Waals surface area contributed by atoms with Crippen molar-refractivity contribution >= 4 is 28.9 Å². The van der Waals surface area contributed by atoms with Gasteiger partial charge in [-0.3, -0.25) is 9.78 Å². The minimum Gasteiger partial charge on any atom is -0.423 e. The average molecular weight is 395 g/mol. The number of hydrazone groups is 1. The van der Waals surface area contributed by atoms with Gasteiger partial charge in [-0.05, 0) is 58.8 Å². The van der Waals surface area contributed by atoms with E-state index in [1.165, 1.54) is 18.6 Å². The number of aromatic nitrogens is 1. The number of esters is 1. The van der Waals surface area contributed by atoms with Gasteiger partial charge in [0.05, 0.1) is 11.8 Å². The largest absolute Gasteiger partial charge is 0.423 e. The Morgan fingerprint density at radius 2 is 1.60 bits per heavy atom. The van der Waals surface area contributed by atoms with Crippen LogP contribution in [0.25, 0.3) is 10.8 Å². The number of rotatable bonds is 5. The molecule has 1 amide bonds. The van der Waals surface area contributed by atoms with Crippen molar-refractivity contribution in [3.63, 3.8) is 0 Å². The lowest BCUT2D eigenvalue weighted by atomic mass is 10.0. The first-order chi connectivity index (χ1) is 14.7. The van der Waals surface area contributed by atoms with E-state index < -0.39 is 5.97 Å². The van der Waals surface area contributed by atoms with Crippen molar-refractivity contribution in [3.05, 3.63) is 108 Å². The quantitative estimate of drug-likeness (QED) is 0.237. The first kappa shape index (κ1) is 19.0. The van der Waals surface area contributed by atoms with Crippen LogP contribution in [0.2, 0.25) is 0 Å². The number of carbonyl (C=O) groups excluding carboxylic acids is 2. The molecular formula is C24H17N3O3. The number of hydrogen-bond acceptors (Lipinski definition) is 5. The number of fused-ring (bicyclic) bond motifs is 1. The van der Waals surface area contributed by atoms with Crippen molar-refractivity contribution in [2.75, 3.05) is 0 Å². The fraction of sp³-hybridized carbons (Fsp3) is 0. The van der Waals surface area contributed by atoms with Crippen LogP contribution in [0.3, 0.4) is 0 Å². The van der Waals surface area contributed by atoms with Crippen molar-refractivity contribution in [2.45, 2.75) is 0 Å². The number of nitrogens with zero attached hydrogens (tertiary/aromatic N) is 2. The molecule has 1 aromatic heterocycles. The molecular weight excluding hydrogens is 378 g/mol. The van der Waals surface area contributed by atoms with Gasteiger partial charge >= 0.3 is 5.97 Å². The predicted molar refractivity (Wildman–Crippen MR) is 115 cm³/mol. The molecule has 0 bridgehead atoms. The highest BCUT2D eigenvalue weighted by molar-refractivity contribution is 6.05. The summed E-state index contributed by atoms with van der Waals surface area (Å²) >= 11 is 0. The molecule has 6 heteroatoms. The Hall–Kier alpha value is -4.32. The van der Waals surface area contributed by atoms with Gasteiger partial charge in [0.25, 0.3) is 5.91 Å². The Labute approximate surface area is 172 Å². The number of nitrogens with one attached hydrogen (secondary N) is 1. The zero-order valence-corrected chi connectivity index (χ0v) is 15.9. The lowest BCUT2D eigenvalue weighted by Crippen LogP contribution is -2.17. The lowest BCUT2D eigenvalue weighted by molar-refractivity contribution is 0.0736. The Morgan fingerprint density at radius 1 is 0.867 bits per heavy atom. The first-order valence-electron chi connectivity index (χ1n) is 9.24. The first-order valence-corrected chi connectivity index (χ1v) is 9.24. The van der Waals surface area contributed by atoms with Crippen molar-refractivity contribution < 1.29 is 14.3 Å². The molecule has 0 aliphatic carbocycles. The van der Waals surface area contributed by atoms with E-state index in [1.807, 2.05) is 36.4 Å². The molecule has 0 radical (unpaired) electrons. The maximum atomic E-state index is 12.6. The number of hydrogen-bond donors (Lipinski definition) is 1. The monoisotopic (exact) mass is 395 g/mol. The summed E-state index contributed by atoms with van der Waals surface area (Å²) < 4.78 is 5.50. The molecule has 6 nitrogen and oxygen atoms in total. The average Bonchev–Trinajstić information content (AvgIpc) is 2.80. The van der Waals surface area contributed by atoms with E-state index in [0.29, 0.717) is 16.9 Å². The molecule has 1 heterocycles. The van der Waals surface area contributed by atoms with Gasteiger partial charge in [0.15, 0.2) is 0 Å². The van der Waals surface area contributed by atoms with Crippen molar-refractivity contribution in [2.24, 2.45) is 5.10 Å². The van der Waals surface area contributed by atoms with Crippen LogP contribution in [0.4, 0.5) is 0 Å².